The van der Waals surface area contributed by atoms with Crippen LogP contribution < -0.4 is 15.5 Å². The molecule has 8 nitrogen and oxygen atoms in total. The summed E-state index contributed by atoms with van der Waals surface area (Å²) < 4.78 is 15.4. The standard InChI is InChI=1S/C31H30BrFN4O4S/c32-23-16-25(33)28-26(17-23)35-30(42-28)36-31(41)37(24-12-10-21(11-13-24)20-4-2-1-3-5-20)18-19-6-8-22(9-7-19)29(40)34-15-14-27(38)39/h6-13,16-17,20H,1-5,14-15,18H2,(H,34,40)(H,38,39)(H,35,36,41). The molecule has 3 aromatic carbocycles. The lowest BCUT2D eigenvalue weighted by Gasteiger charge is -2.25. The van der Waals surface area contributed by atoms with Crippen LogP contribution in [0.5, 0.6) is 0 Å². The SMILES string of the molecule is O=C(O)CCNC(=O)c1ccc(CN(C(=O)Nc2nc3cc(Br)cc(F)c3s2)c2ccc(C3CCCCC3)cc2)cc1. The zero-order valence-corrected chi connectivity index (χ0v) is 25.1. The van der Waals surface area contributed by atoms with Crippen molar-refractivity contribution in [2.45, 2.75) is 51.0 Å². The van der Waals surface area contributed by atoms with E-state index in [-0.39, 0.29) is 30.5 Å². The Balaban J connectivity index is 1.36. The first-order valence-electron chi connectivity index (χ1n) is 13.8. The third-order valence-corrected chi connectivity index (χ3v) is 8.78. The molecule has 4 aromatic rings. The average molecular weight is 654 g/mol. The Kier molecular flexibility index (Phi) is 9.48. The second-order valence-electron chi connectivity index (χ2n) is 10.3. The fourth-order valence-electron chi connectivity index (χ4n) is 5.14. The Morgan fingerprint density at radius 2 is 1.74 bits per heavy atom. The van der Waals surface area contributed by atoms with Crippen molar-refractivity contribution in [1.82, 2.24) is 10.3 Å². The number of amides is 3. The van der Waals surface area contributed by atoms with Crippen LogP contribution >= 0.6 is 27.3 Å². The van der Waals surface area contributed by atoms with E-state index >= 15 is 0 Å². The first-order valence-corrected chi connectivity index (χ1v) is 15.4. The smallest absolute Gasteiger partial charge is 0.328 e. The molecule has 0 atom stereocenters. The van der Waals surface area contributed by atoms with Gasteiger partial charge in [0.15, 0.2) is 5.13 Å². The van der Waals surface area contributed by atoms with Gasteiger partial charge in [-0.1, -0.05) is 70.8 Å². The number of aliphatic carboxylic acids is 1. The van der Waals surface area contributed by atoms with Gasteiger partial charge in [0.2, 0.25) is 0 Å². The van der Waals surface area contributed by atoms with Gasteiger partial charge in [-0.2, -0.15) is 0 Å². The number of hydrogen-bond acceptors (Lipinski definition) is 5. The van der Waals surface area contributed by atoms with Crippen molar-refractivity contribution in [3.8, 4) is 0 Å². The lowest BCUT2D eigenvalue weighted by atomic mass is 9.84. The van der Waals surface area contributed by atoms with E-state index in [2.05, 4.69) is 43.7 Å². The molecule has 1 fully saturated rings. The molecule has 0 unspecified atom stereocenters. The molecule has 218 valence electrons. The van der Waals surface area contributed by atoms with Crippen LogP contribution in [-0.2, 0) is 11.3 Å². The zero-order valence-electron chi connectivity index (χ0n) is 22.7. The maximum absolute atomic E-state index is 14.5. The lowest BCUT2D eigenvalue weighted by Crippen LogP contribution is -2.34. The minimum Gasteiger partial charge on any atom is -0.481 e. The summed E-state index contributed by atoms with van der Waals surface area (Å²) in [7, 11) is 0. The van der Waals surface area contributed by atoms with Gasteiger partial charge in [-0.15, -0.1) is 0 Å². The Labute approximate surface area is 255 Å². The maximum Gasteiger partial charge on any atom is 0.328 e. The fraction of sp³-hybridized carbons (Fsp3) is 0.290. The van der Waals surface area contributed by atoms with Gasteiger partial charge in [0, 0.05) is 22.3 Å². The lowest BCUT2D eigenvalue weighted by molar-refractivity contribution is -0.136. The highest BCUT2D eigenvalue weighted by molar-refractivity contribution is 9.10. The predicted molar refractivity (Wildman–Crippen MR) is 166 cm³/mol. The fourth-order valence-corrected chi connectivity index (χ4v) is 6.40. The number of carboxylic acids is 1. The molecular formula is C31H30BrFN4O4S. The van der Waals surface area contributed by atoms with Gasteiger partial charge < -0.3 is 10.4 Å². The normalized spacial score (nSPS) is 13.6. The molecular weight excluding hydrogens is 623 g/mol. The quantitative estimate of drug-likeness (QED) is 0.172. The molecule has 42 heavy (non-hydrogen) atoms. The van der Waals surface area contributed by atoms with Crippen molar-refractivity contribution in [2.75, 3.05) is 16.8 Å². The number of rotatable bonds is 9. The summed E-state index contributed by atoms with van der Waals surface area (Å²) in [4.78, 5) is 42.7. The number of fused-ring (bicyclic) bond motifs is 1. The number of thiazole rings is 1. The van der Waals surface area contributed by atoms with Gasteiger partial charge in [-0.05, 0) is 66.3 Å². The minimum atomic E-state index is -0.986. The summed E-state index contributed by atoms with van der Waals surface area (Å²) in [6.45, 7) is 0.244. The van der Waals surface area contributed by atoms with E-state index in [4.69, 9.17) is 5.11 Å². The third-order valence-electron chi connectivity index (χ3n) is 7.33. The van der Waals surface area contributed by atoms with Crippen LogP contribution in [-0.4, -0.2) is 34.5 Å². The Bertz CT molecular complexity index is 1590. The van der Waals surface area contributed by atoms with E-state index < -0.39 is 17.8 Å². The van der Waals surface area contributed by atoms with Crippen LogP contribution in [0.1, 0.15) is 65.9 Å². The molecule has 11 heteroatoms. The molecule has 0 bridgehead atoms. The van der Waals surface area contributed by atoms with Gasteiger partial charge in [0.25, 0.3) is 5.91 Å². The van der Waals surface area contributed by atoms with Crippen molar-refractivity contribution < 1.29 is 23.9 Å². The zero-order chi connectivity index (χ0) is 29.6. The number of carboxylic acid groups (broad SMARTS) is 1. The number of halogens is 2. The molecule has 0 saturated heterocycles. The van der Waals surface area contributed by atoms with E-state index in [1.54, 1.807) is 35.2 Å². The van der Waals surface area contributed by atoms with Crippen molar-refractivity contribution >= 4 is 66.2 Å². The molecule has 0 radical (unpaired) electrons. The van der Waals surface area contributed by atoms with Gasteiger partial charge in [-0.3, -0.25) is 19.8 Å². The number of carbonyl (C=O) groups is 3. The number of carbonyl (C=O) groups excluding carboxylic acids is 2. The summed E-state index contributed by atoms with van der Waals surface area (Å²) in [6, 6.07) is 17.5. The Morgan fingerprint density at radius 1 is 1.02 bits per heavy atom. The highest BCUT2D eigenvalue weighted by Crippen LogP contribution is 2.34. The van der Waals surface area contributed by atoms with Crippen molar-refractivity contribution in [2.24, 2.45) is 0 Å². The van der Waals surface area contributed by atoms with E-state index in [9.17, 15) is 18.8 Å². The monoisotopic (exact) mass is 652 g/mol. The molecule has 3 N–H and O–H groups in total. The molecule has 1 aliphatic carbocycles. The number of anilines is 2. The van der Waals surface area contributed by atoms with Crippen LogP contribution in [0, 0.1) is 5.82 Å². The summed E-state index contributed by atoms with van der Waals surface area (Å²) in [5.41, 5.74) is 3.58. The molecule has 0 spiro atoms. The molecule has 0 aliphatic heterocycles. The van der Waals surface area contributed by atoms with Crippen LogP contribution in [0.25, 0.3) is 10.2 Å². The number of hydrogen-bond donors (Lipinski definition) is 3. The number of urea groups is 1. The molecule has 1 aromatic heterocycles. The van der Waals surface area contributed by atoms with Gasteiger partial charge in [-0.25, -0.2) is 14.2 Å². The van der Waals surface area contributed by atoms with Crippen molar-refractivity contribution in [3.63, 3.8) is 0 Å². The summed E-state index contributed by atoms with van der Waals surface area (Å²) in [5.74, 6) is -1.24. The van der Waals surface area contributed by atoms with Gasteiger partial charge in [0.1, 0.15) is 5.82 Å². The van der Waals surface area contributed by atoms with E-state index in [0.717, 1.165) is 16.9 Å². The van der Waals surface area contributed by atoms with Crippen LogP contribution in [0.4, 0.5) is 20.0 Å². The number of nitrogens with one attached hydrogen (secondary N) is 2. The highest BCUT2D eigenvalue weighted by Gasteiger charge is 2.21. The first kappa shape index (κ1) is 29.7. The van der Waals surface area contributed by atoms with Gasteiger partial charge in [0.05, 0.1) is 23.2 Å². The van der Waals surface area contributed by atoms with Crippen molar-refractivity contribution in [3.05, 3.63) is 87.6 Å². The Hall–Kier alpha value is -3.83. The number of nitrogens with zero attached hydrogens (tertiary/aromatic N) is 2. The molecule has 5 rings (SSSR count). The molecule has 1 saturated carbocycles. The second kappa shape index (κ2) is 13.4. The largest absolute Gasteiger partial charge is 0.481 e. The molecule has 3 amide bonds. The topological polar surface area (TPSA) is 112 Å². The molecule has 1 aliphatic rings. The molecule has 1 heterocycles. The third kappa shape index (κ3) is 7.32. The summed E-state index contributed by atoms with van der Waals surface area (Å²) in [5, 5.41) is 14.5. The van der Waals surface area contributed by atoms with Crippen LogP contribution in [0.15, 0.2) is 65.1 Å². The predicted octanol–water partition coefficient (Wildman–Crippen LogP) is 7.69. The second-order valence-corrected chi connectivity index (χ2v) is 12.2. The summed E-state index contributed by atoms with van der Waals surface area (Å²) >= 11 is 4.35. The van der Waals surface area contributed by atoms with E-state index in [1.165, 1.54) is 43.7 Å². The van der Waals surface area contributed by atoms with E-state index in [0.29, 0.717) is 31.9 Å². The van der Waals surface area contributed by atoms with Gasteiger partial charge >= 0.3 is 12.0 Å². The number of aromatic nitrogens is 1. The Morgan fingerprint density at radius 3 is 2.43 bits per heavy atom. The highest BCUT2D eigenvalue weighted by atomic mass is 79.9. The van der Waals surface area contributed by atoms with Crippen LogP contribution in [0.3, 0.4) is 0 Å². The van der Waals surface area contributed by atoms with E-state index in [1.807, 2.05) is 12.1 Å². The summed E-state index contributed by atoms with van der Waals surface area (Å²) in [6.07, 6.45) is 5.92. The first-order chi connectivity index (χ1) is 20.3. The average Bonchev–Trinajstić information content (AvgIpc) is 3.39. The minimum absolute atomic E-state index is 0.0351. The maximum atomic E-state index is 14.5. The van der Waals surface area contributed by atoms with Crippen LogP contribution in [0.2, 0.25) is 0 Å². The van der Waals surface area contributed by atoms with Crippen molar-refractivity contribution in [1.29, 1.82) is 0 Å². The number of benzene rings is 3.